The third-order valence-corrected chi connectivity index (χ3v) is 8.22. The van der Waals surface area contributed by atoms with Crippen LogP contribution in [0.15, 0.2) is 52.7 Å². The number of halogens is 2. The Hall–Kier alpha value is -2.09. The quantitative estimate of drug-likeness (QED) is 0.647. The first-order valence-electron chi connectivity index (χ1n) is 8.72. The average molecular weight is 439 g/mol. The van der Waals surface area contributed by atoms with Crippen molar-refractivity contribution in [3.63, 3.8) is 0 Å². The number of unbranched alkanes of at least 4 members (excludes halogenated alkanes) is 1. The average Bonchev–Trinajstić information content (AvgIpc) is 3.02. The van der Waals surface area contributed by atoms with Crippen LogP contribution in [0.3, 0.4) is 0 Å². The summed E-state index contributed by atoms with van der Waals surface area (Å²) in [5.41, 5.74) is 1.21. The summed E-state index contributed by atoms with van der Waals surface area (Å²) in [5.74, 6) is 0.732. The molecule has 1 unspecified atom stereocenters. The van der Waals surface area contributed by atoms with Crippen LogP contribution in [-0.2, 0) is 0 Å². The van der Waals surface area contributed by atoms with Crippen LogP contribution in [0, 0.1) is 0 Å². The number of pyridine rings is 1. The van der Waals surface area contributed by atoms with Gasteiger partial charge in [0.15, 0.2) is 5.17 Å². The lowest BCUT2D eigenvalue weighted by Crippen LogP contribution is -2.34. The Morgan fingerprint density at radius 2 is 1.96 bits per heavy atom. The summed E-state index contributed by atoms with van der Waals surface area (Å²) in [6.45, 7) is 2.08. The molecule has 3 rings (SSSR count). The lowest BCUT2D eigenvalue weighted by Gasteiger charge is -2.30. The molecule has 28 heavy (non-hydrogen) atoms. The van der Waals surface area contributed by atoms with E-state index in [0.29, 0.717) is 33.0 Å². The van der Waals surface area contributed by atoms with Crippen LogP contribution in [0.5, 0.6) is 5.88 Å². The molecule has 148 valence electrons. The number of carbonyl (C=O) groups is 1. The largest absolute Gasteiger partial charge is 0.481 e. The van der Waals surface area contributed by atoms with Crippen molar-refractivity contribution in [3.8, 4) is 5.88 Å². The molecule has 0 radical (unpaired) electrons. The summed E-state index contributed by atoms with van der Waals surface area (Å²) in [7, 11) is 6.46. The van der Waals surface area contributed by atoms with Gasteiger partial charge in [0.2, 0.25) is 5.88 Å². The van der Waals surface area contributed by atoms with E-state index in [-0.39, 0.29) is 11.1 Å². The van der Waals surface area contributed by atoms with E-state index in [1.165, 1.54) is 7.11 Å². The Morgan fingerprint density at radius 3 is 2.64 bits per heavy atom. The number of aromatic nitrogens is 1. The van der Waals surface area contributed by atoms with Gasteiger partial charge in [-0.1, -0.05) is 63.1 Å². The Kier molecular flexibility index (Phi) is 6.59. The number of hydrogen-bond donors (Lipinski definition) is 1. The van der Waals surface area contributed by atoms with Gasteiger partial charge in [-0.25, -0.2) is 4.98 Å². The second-order valence-corrected chi connectivity index (χ2v) is 10.5. The SMILES string of the molecule is CCCCS1(Cl)C(NC(=O)c2ccccc2)=NN=C1c1cc(Cl)nc(OC)c1. The van der Waals surface area contributed by atoms with Gasteiger partial charge in [-0.15, -0.1) is 10.2 Å². The summed E-state index contributed by atoms with van der Waals surface area (Å²) < 4.78 is 5.20. The van der Waals surface area contributed by atoms with E-state index in [4.69, 9.17) is 27.0 Å². The number of ether oxygens (including phenoxy) is 1. The van der Waals surface area contributed by atoms with E-state index < -0.39 is 9.24 Å². The van der Waals surface area contributed by atoms with Gasteiger partial charge in [-0.2, -0.15) is 0 Å². The number of rotatable bonds is 6. The molecule has 6 nitrogen and oxygen atoms in total. The van der Waals surface area contributed by atoms with Crippen LogP contribution < -0.4 is 10.1 Å². The zero-order valence-corrected chi connectivity index (χ0v) is 17.8. The highest BCUT2D eigenvalue weighted by Gasteiger charge is 2.40. The minimum Gasteiger partial charge on any atom is -0.481 e. The first-order valence-corrected chi connectivity index (χ1v) is 11.7. The van der Waals surface area contributed by atoms with Crippen molar-refractivity contribution in [2.24, 2.45) is 10.2 Å². The van der Waals surface area contributed by atoms with Crippen molar-refractivity contribution in [2.75, 3.05) is 12.9 Å². The molecule has 0 aliphatic carbocycles. The third-order valence-electron chi connectivity index (χ3n) is 4.11. The van der Waals surface area contributed by atoms with Gasteiger partial charge in [0.1, 0.15) is 10.2 Å². The fraction of sp³-hybridized carbons (Fsp3) is 0.263. The van der Waals surface area contributed by atoms with Crippen LogP contribution >= 0.6 is 31.5 Å². The molecule has 0 saturated heterocycles. The van der Waals surface area contributed by atoms with Gasteiger partial charge in [0.05, 0.1) is 7.11 Å². The molecule has 0 saturated carbocycles. The third kappa shape index (κ3) is 4.32. The fourth-order valence-electron chi connectivity index (χ4n) is 2.66. The minimum absolute atomic E-state index is 0.268. The standard InChI is InChI=1S/C19H20Cl2N4O2S/c1-3-4-10-28(21)18(14-11-15(20)22-16(12-14)27-2)24-25-19(28)23-17(26)13-8-6-5-7-9-13/h5-9,11-12H,3-4,10H2,1-2H3,(H,23,25,26). The molecule has 1 atom stereocenters. The van der Waals surface area contributed by atoms with Gasteiger partial charge < -0.3 is 4.74 Å². The normalized spacial score (nSPS) is 20.7. The van der Waals surface area contributed by atoms with Gasteiger partial charge in [-0.05, 0) is 24.6 Å². The summed E-state index contributed by atoms with van der Waals surface area (Å²) in [6.07, 6.45) is 1.82. The number of amidine groups is 1. The number of nitrogens with zero attached hydrogens (tertiary/aromatic N) is 3. The maximum atomic E-state index is 12.6. The van der Waals surface area contributed by atoms with Crippen LogP contribution in [-0.4, -0.2) is 34.0 Å². The van der Waals surface area contributed by atoms with Gasteiger partial charge in [-0.3, -0.25) is 10.1 Å². The lowest BCUT2D eigenvalue weighted by molar-refractivity contribution is 0.0978. The number of benzene rings is 1. The van der Waals surface area contributed by atoms with E-state index in [1.54, 1.807) is 36.4 Å². The number of nitrogens with one attached hydrogen (secondary N) is 1. The Bertz CT molecular complexity index is 937. The van der Waals surface area contributed by atoms with Crippen LogP contribution in [0.1, 0.15) is 35.7 Å². The Morgan fingerprint density at radius 1 is 1.21 bits per heavy atom. The molecular weight excluding hydrogens is 419 g/mol. The van der Waals surface area contributed by atoms with Gasteiger partial charge in [0.25, 0.3) is 5.91 Å². The highest BCUT2D eigenvalue weighted by atomic mass is 35.7. The molecule has 0 fully saturated rings. The molecule has 0 spiro atoms. The second-order valence-electron chi connectivity index (χ2n) is 6.06. The summed E-state index contributed by atoms with van der Waals surface area (Å²) in [6, 6.07) is 12.3. The van der Waals surface area contributed by atoms with Crippen LogP contribution in [0.4, 0.5) is 0 Å². The zero-order valence-electron chi connectivity index (χ0n) is 15.5. The molecule has 1 aromatic carbocycles. The van der Waals surface area contributed by atoms with Crippen LogP contribution in [0.2, 0.25) is 5.15 Å². The first-order chi connectivity index (χ1) is 13.5. The first kappa shape index (κ1) is 20.6. The lowest BCUT2D eigenvalue weighted by atomic mass is 10.2. The van der Waals surface area contributed by atoms with Gasteiger partial charge in [0, 0.05) is 22.9 Å². The number of carbonyl (C=O) groups excluding carboxylic acids is 1. The molecule has 1 N–H and O–H groups in total. The van der Waals surface area contributed by atoms with E-state index in [2.05, 4.69) is 27.4 Å². The number of hydrogen-bond acceptors (Lipinski definition) is 5. The van der Waals surface area contributed by atoms with Crippen molar-refractivity contribution in [3.05, 3.63) is 58.7 Å². The molecule has 1 aromatic heterocycles. The predicted octanol–water partition coefficient (Wildman–Crippen LogP) is 4.96. The zero-order chi connectivity index (χ0) is 20.1. The number of methoxy groups -OCH3 is 1. The molecule has 2 heterocycles. The summed E-state index contributed by atoms with van der Waals surface area (Å²) >= 11 is 6.12. The minimum atomic E-state index is -2.15. The van der Waals surface area contributed by atoms with Crippen molar-refractivity contribution < 1.29 is 9.53 Å². The van der Waals surface area contributed by atoms with E-state index >= 15 is 0 Å². The van der Waals surface area contributed by atoms with Crippen molar-refractivity contribution in [2.45, 2.75) is 19.8 Å². The smallest absolute Gasteiger partial charge is 0.257 e. The summed E-state index contributed by atoms with van der Waals surface area (Å²) in [5, 5.41) is 12.6. The monoisotopic (exact) mass is 438 g/mol. The predicted molar refractivity (Wildman–Crippen MR) is 117 cm³/mol. The highest BCUT2D eigenvalue weighted by Crippen LogP contribution is 2.60. The molecule has 9 heteroatoms. The Labute approximate surface area is 174 Å². The summed E-state index contributed by atoms with van der Waals surface area (Å²) in [4.78, 5) is 16.7. The number of amides is 1. The molecule has 0 bridgehead atoms. The van der Waals surface area contributed by atoms with E-state index in [1.807, 2.05) is 6.07 Å². The molecule has 2 aromatic rings. The molecular formula is C19H20Cl2N4O2S. The van der Waals surface area contributed by atoms with Crippen molar-refractivity contribution in [1.29, 1.82) is 0 Å². The maximum Gasteiger partial charge on any atom is 0.257 e. The van der Waals surface area contributed by atoms with Crippen molar-refractivity contribution >= 4 is 47.6 Å². The van der Waals surface area contributed by atoms with Crippen molar-refractivity contribution in [1.82, 2.24) is 10.3 Å². The highest BCUT2D eigenvalue weighted by molar-refractivity contribution is 8.70. The second kappa shape index (κ2) is 8.94. The van der Waals surface area contributed by atoms with Crippen LogP contribution in [0.25, 0.3) is 0 Å². The molecule has 1 aliphatic rings. The fourth-order valence-corrected chi connectivity index (χ4v) is 6.10. The van der Waals surface area contributed by atoms with Gasteiger partial charge >= 0.3 is 0 Å². The maximum absolute atomic E-state index is 12.6. The molecule has 1 aliphatic heterocycles. The topological polar surface area (TPSA) is 75.9 Å². The Balaban J connectivity index is 1.91. The van der Waals surface area contributed by atoms with E-state index in [9.17, 15) is 4.79 Å². The molecule has 1 amide bonds. The van der Waals surface area contributed by atoms with E-state index in [0.717, 1.165) is 12.8 Å².